The largest absolute Gasteiger partial charge is 0.455 e. The third kappa shape index (κ3) is 5.99. The average Bonchev–Trinajstić information content (AvgIpc) is 2.62. The number of likely N-dealkylation sites (N-methyl/N-ethyl adjacent to an activating group) is 1. The lowest BCUT2D eigenvalue weighted by Crippen LogP contribution is -2.34. The highest BCUT2D eigenvalue weighted by atomic mass is 79.9. The summed E-state index contributed by atoms with van der Waals surface area (Å²) in [5.41, 5.74) is -0.0771. The Morgan fingerprint density at radius 1 is 1.21 bits per heavy atom. The van der Waals surface area contributed by atoms with Gasteiger partial charge in [0, 0.05) is 16.5 Å². The highest BCUT2D eigenvalue weighted by molar-refractivity contribution is 9.10. The van der Waals surface area contributed by atoms with E-state index in [1.165, 1.54) is 43.4 Å². The monoisotopic (exact) mass is 492 g/mol. The molecule has 0 saturated heterocycles. The Bertz CT molecular complexity index is 986. The number of ether oxygens (including phenoxy) is 1. The van der Waals surface area contributed by atoms with E-state index in [1.54, 1.807) is 0 Å². The zero-order chi connectivity index (χ0) is 20.9. The zero-order valence-electron chi connectivity index (χ0n) is 14.5. The van der Waals surface area contributed by atoms with Gasteiger partial charge in [-0.05, 0) is 42.5 Å². The van der Waals surface area contributed by atoms with Crippen LogP contribution >= 0.6 is 27.5 Å². The predicted octanol–water partition coefficient (Wildman–Crippen LogP) is 3.04. The molecule has 0 aliphatic carbocycles. The van der Waals surface area contributed by atoms with Crippen molar-refractivity contribution in [1.29, 1.82) is 0 Å². The summed E-state index contributed by atoms with van der Waals surface area (Å²) in [6.45, 7) is -1.30. The summed E-state index contributed by atoms with van der Waals surface area (Å²) in [6, 6.07) is 9.46. The maximum Gasteiger partial charge on any atom is 0.321 e. The SMILES string of the molecule is CN(CC(=O)OCC(=O)Nc1ccc(Br)cc1F)S(=O)(=O)c1ccc(Cl)cc1. The second-order valence-corrected chi connectivity index (χ2v) is 8.95. The third-order valence-electron chi connectivity index (χ3n) is 3.44. The van der Waals surface area contributed by atoms with Crippen LogP contribution < -0.4 is 5.32 Å². The first-order valence-electron chi connectivity index (χ1n) is 7.72. The van der Waals surface area contributed by atoms with Gasteiger partial charge in [0.25, 0.3) is 5.91 Å². The van der Waals surface area contributed by atoms with E-state index < -0.39 is 40.9 Å². The van der Waals surface area contributed by atoms with Crippen LogP contribution in [0.2, 0.25) is 5.02 Å². The molecule has 2 rings (SSSR count). The molecule has 1 N–H and O–H groups in total. The Hall–Kier alpha value is -2.01. The van der Waals surface area contributed by atoms with E-state index >= 15 is 0 Å². The third-order valence-corrected chi connectivity index (χ3v) is 6.01. The summed E-state index contributed by atoms with van der Waals surface area (Å²) in [4.78, 5) is 23.6. The summed E-state index contributed by atoms with van der Waals surface area (Å²) in [5, 5.41) is 2.62. The molecule has 0 fully saturated rings. The van der Waals surface area contributed by atoms with Crippen molar-refractivity contribution >= 4 is 55.1 Å². The van der Waals surface area contributed by atoms with Crippen LogP contribution in [0.5, 0.6) is 0 Å². The zero-order valence-corrected chi connectivity index (χ0v) is 17.6. The van der Waals surface area contributed by atoms with Gasteiger partial charge < -0.3 is 10.1 Å². The van der Waals surface area contributed by atoms with Crippen molar-refractivity contribution in [3.8, 4) is 0 Å². The molecule has 0 aromatic heterocycles. The normalized spacial score (nSPS) is 11.3. The van der Waals surface area contributed by atoms with E-state index in [0.717, 1.165) is 10.4 Å². The van der Waals surface area contributed by atoms with Crippen LogP contribution in [0.1, 0.15) is 0 Å². The van der Waals surface area contributed by atoms with Gasteiger partial charge in [-0.25, -0.2) is 12.8 Å². The first kappa shape index (κ1) is 22.3. The smallest absolute Gasteiger partial charge is 0.321 e. The number of rotatable bonds is 7. The summed E-state index contributed by atoms with van der Waals surface area (Å²) < 4.78 is 44.4. The molecule has 1 amide bonds. The number of hydrogen-bond donors (Lipinski definition) is 1. The van der Waals surface area contributed by atoms with Crippen molar-refractivity contribution in [2.45, 2.75) is 4.90 Å². The van der Waals surface area contributed by atoms with Crippen LogP contribution in [0.3, 0.4) is 0 Å². The molecule has 0 heterocycles. The van der Waals surface area contributed by atoms with Gasteiger partial charge in [-0.1, -0.05) is 27.5 Å². The number of hydrogen-bond acceptors (Lipinski definition) is 5. The van der Waals surface area contributed by atoms with Crippen LogP contribution in [0.15, 0.2) is 51.8 Å². The average molecular weight is 494 g/mol. The molecule has 0 radical (unpaired) electrons. The number of halogens is 3. The van der Waals surface area contributed by atoms with Crippen LogP contribution in [-0.2, 0) is 24.3 Å². The highest BCUT2D eigenvalue weighted by Crippen LogP contribution is 2.19. The lowest BCUT2D eigenvalue weighted by molar-refractivity contribution is -0.147. The molecular weight excluding hydrogens is 479 g/mol. The summed E-state index contributed by atoms with van der Waals surface area (Å²) in [7, 11) is -2.73. The van der Waals surface area contributed by atoms with Gasteiger partial charge in [0.1, 0.15) is 12.4 Å². The number of esters is 1. The first-order valence-corrected chi connectivity index (χ1v) is 10.3. The molecule has 28 heavy (non-hydrogen) atoms. The molecule has 0 unspecified atom stereocenters. The van der Waals surface area contributed by atoms with Crippen molar-refractivity contribution < 1.29 is 27.1 Å². The second kappa shape index (κ2) is 9.46. The van der Waals surface area contributed by atoms with Crippen molar-refractivity contribution in [2.24, 2.45) is 0 Å². The Balaban J connectivity index is 1.89. The van der Waals surface area contributed by atoms with Gasteiger partial charge in [-0.15, -0.1) is 0 Å². The van der Waals surface area contributed by atoms with E-state index in [2.05, 4.69) is 21.2 Å². The standard InChI is InChI=1S/C17H15BrClFN2O5S/c1-22(28(25,26)13-5-3-12(19)4-6-13)9-17(24)27-10-16(23)21-15-7-2-11(18)8-14(15)20/h2-8H,9-10H2,1H3,(H,21,23). The lowest BCUT2D eigenvalue weighted by Gasteiger charge is -2.16. The molecular formula is C17H15BrClFN2O5S. The molecule has 0 aliphatic heterocycles. The molecule has 2 aromatic rings. The van der Waals surface area contributed by atoms with E-state index in [1.807, 2.05) is 0 Å². The van der Waals surface area contributed by atoms with Gasteiger partial charge in [0.2, 0.25) is 10.0 Å². The van der Waals surface area contributed by atoms with Crippen LogP contribution in [0, 0.1) is 5.82 Å². The van der Waals surface area contributed by atoms with E-state index in [0.29, 0.717) is 9.50 Å². The number of benzene rings is 2. The molecule has 0 atom stereocenters. The predicted molar refractivity (Wildman–Crippen MR) is 105 cm³/mol. The number of carbonyl (C=O) groups excluding carboxylic acids is 2. The van der Waals surface area contributed by atoms with Crippen molar-refractivity contribution in [1.82, 2.24) is 4.31 Å². The Labute approximate surface area is 174 Å². The van der Waals surface area contributed by atoms with Crippen LogP contribution in [0.4, 0.5) is 10.1 Å². The first-order chi connectivity index (χ1) is 13.1. The van der Waals surface area contributed by atoms with Crippen LogP contribution in [0.25, 0.3) is 0 Å². The van der Waals surface area contributed by atoms with Crippen molar-refractivity contribution in [3.63, 3.8) is 0 Å². The number of carbonyl (C=O) groups is 2. The number of nitrogens with one attached hydrogen (secondary N) is 1. The molecule has 2 aromatic carbocycles. The molecule has 7 nitrogen and oxygen atoms in total. The Kier molecular flexibility index (Phi) is 7.53. The second-order valence-electron chi connectivity index (χ2n) is 5.55. The summed E-state index contributed by atoms with van der Waals surface area (Å²) in [5.74, 6) is -2.37. The minimum absolute atomic E-state index is 0.0457. The van der Waals surface area contributed by atoms with E-state index in [-0.39, 0.29) is 10.6 Å². The summed E-state index contributed by atoms with van der Waals surface area (Å²) in [6.07, 6.45) is 0. The number of anilines is 1. The molecule has 11 heteroatoms. The number of nitrogens with zero attached hydrogens (tertiary/aromatic N) is 1. The fraction of sp³-hybridized carbons (Fsp3) is 0.176. The molecule has 150 valence electrons. The van der Waals surface area contributed by atoms with Gasteiger partial charge in [0.05, 0.1) is 10.6 Å². The molecule has 0 spiro atoms. The maximum absolute atomic E-state index is 13.7. The lowest BCUT2D eigenvalue weighted by atomic mass is 10.3. The molecule has 0 saturated carbocycles. The van der Waals surface area contributed by atoms with Gasteiger partial charge in [0.15, 0.2) is 6.61 Å². The van der Waals surface area contributed by atoms with Crippen LogP contribution in [-0.4, -0.2) is 44.8 Å². The van der Waals surface area contributed by atoms with Crippen molar-refractivity contribution in [2.75, 3.05) is 25.5 Å². The molecule has 0 aliphatic rings. The van der Waals surface area contributed by atoms with Gasteiger partial charge in [-0.3, -0.25) is 9.59 Å². The molecule has 0 bridgehead atoms. The Morgan fingerprint density at radius 3 is 2.46 bits per heavy atom. The minimum Gasteiger partial charge on any atom is -0.455 e. The fourth-order valence-corrected chi connectivity index (χ4v) is 3.60. The highest BCUT2D eigenvalue weighted by Gasteiger charge is 2.24. The topological polar surface area (TPSA) is 92.8 Å². The summed E-state index contributed by atoms with van der Waals surface area (Å²) >= 11 is 8.81. The van der Waals surface area contributed by atoms with Gasteiger partial charge >= 0.3 is 5.97 Å². The van der Waals surface area contributed by atoms with Gasteiger partial charge in [-0.2, -0.15) is 4.31 Å². The fourth-order valence-electron chi connectivity index (χ4n) is 2.02. The number of sulfonamides is 1. The minimum atomic E-state index is -3.93. The maximum atomic E-state index is 13.7. The Morgan fingerprint density at radius 2 is 1.86 bits per heavy atom. The van der Waals surface area contributed by atoms with E-state index in [4.69, 9.17) is 16.3 Å². The van der Waals surface area contributed by atoms with E-state index in [9.17, 15) is 22.4 Å². The number of amides is 1. The quantitative estimate of drug-likeness (QED) is 0.599. The van der Waals surface area contributed by atoms with Crippen molar-refractivity contribution in [3.05, 3.63) is 57.8 Å².